The summed E-state index contributed by atoms with van der Waals surface area (Å²) in [6.07, 6.45) is 4.40. The monoisotopic (exact) mass is 366 g/mol. The molecule has 1 heteroatoms. The quantitative estimate of drug-likeness (QED) is 0.523. The molecule has 2 aromatic rings. The van der Waals surface area contributed by atoms with E-state index in [4.69, 9.17) is 0 Å². The highest BCUT2D eigenvalue weighted by atomic mass is 16.3. The lowest BCUT2D eigenvalue weighted by Gasteiger charge is -2.28. The molecule has 0 atom stereocenters. The van der Waals surface area contributed by atoms with Crippen LogP contribution in [0.4, 0.5) is 0 Å². The Labute approximate surface area is 166 Å². The SMILES string of the molecule is Cc1ccc(C(C)(C)c2ccc(O)c(CCC(C)C)c2)cc1CCC(C)C. The Morgan fingerprint density at radius 1 is 0.778 bits per heavy atom. The molecule has 0 aliphatic heterocycles. The van der Waals surface area contributed by atoms with Crippen LogP contribution in [0.3, 0.4) is 0 Å². The molecular weight excluding hydrogens is 328 g/mol. The molecular formula is C26H38O. The summed E-state index contributed by atoms with van der Waals surface area (Å²) in [7, 11) is 0. The first kappa shape index (κ1) is 21.5. The van der Waals surface area contributed by atoms with Crippen molar-refractivity contribution in [3.8, 4) is 5.75 Å². The van der Waals surface area contributed by atoms with E-state index >= 15 is 0 Å². The molecule has 0 fully saturated rings. The minimum absolute atomic E-state index is 0.0828. The first-order valence-electron chi connectivity index (χ1n) is 10.5. The summed E-state index contributed by atoms with van der Waals surface area (Å²) in [5.74, 6) is 1.79. The highest BCUT2D eigenvalue weighted by Crippen LogP contribution is 2.35. The maximum absolute atomic E-state index is 10.3. The molecule has 148 valence electrons. The molecule has 0 spiro atoms. The van der Waals surface area contributed by atoms with Gasteiger partial charge in [0.15, 0.2) is 0 Å². The molecule has 2 rings (SSSR count). The fourth-order valence-corrected chi connectivity index (χ4v) is 3.56. The molecule has 0 bridgehead atoms. The molecule has 0 saturated carbocycles. The van der Waals surface area contributed by atoms with Crippen LogP contribution < -0.4 is 0 Å². The zero-order valence-electron chi connectivity index (χ0n) is 18.4. The molecule has 27 heavy (non-hydrogen) atoms. The van der Waals surface area contributed by atoms with Gasteiger partial charge in [0.1, 0.15) is 5.75 Å². The van der Waals surface area contributed by atoms with Crippen molar-refractivity contribution in [1.29, 1.82) is 0 Å². The van der Waals surface area contributed by atoms with Crippen LogP contribution >= 0.6 is 0 Å². The third-order valence-electron chi connectivity index (χ3n) is 5.85. The van der Waals surface area contributed by atoms with E-state index in [1.54, 1.807) is 0 Å². The van der Waals surface area contributed by atoms with E-state index in [1.807, 2.05) is 6.07 Å². The predicted octanol–water partition coefficient (Wildman–Crippen LogP) is 7.20. The molecule has 0 aromatic heterocycles. The van der Waals surface area contributed by atoms with Gasteiger partial charge < -0.3 is 5.11 Å². The number of hydrogen-bond donors (Lipinski definition) is 1. The van der Waals surface area contributed by atoms with E-state index in [-0.39, 0.29) is 5.41 Å². The van der Waals surface area contributed by atoms with E-state index in [2.05, 4.69) is 78.8 Å². The van der Waals surface area contributed by atoms with E-state index in [0.29, 0.717) is 11.7 Å². The van der Waals surface area contributed by atoms with Crippen LogP contribution in [0, 0.1) is 18.8 Å². The summed E-state index contributed by atoms with van der Waals surface area (Å²) in [6, 6.07) is 13.1. The van der Waals surface area contributed by atoms with E-state index in [0.717, 1.165) is 30.7 Å². The van der Waals surface area contributed by atoms with Crippen molar-refractivity contribution in [2.45, 2.75) is 79.6 Å². The summed E-state index contributed by atoms with van der Waals surface area (Å²) < 4.78 is 0. The smallest absolute Gasteiger partial charge is 0.118 e. The lowest BCUT2D eigenvalue weighted by Crippen LogP contribution is -2.19. The maximum Gasteiger partial charge on any atom is 0.118 e. The highest BCUT2D eigenvalue weighted by molar-refractivity contribution is 5.46. The van der Waals surface area contributed by atoms with E-state index in [9.17, 15) is 5.11 Å². The highest BCUT2D eigenvalue weighted by Gasteiger charge is 2.24. The molecule has 0 unspecified atom stereocenters. The summed E-state index contributed by atoms with van der Waals surface area (Å²) >= 11 is 0. The van der Waals surface area contributed by atoms with Gasteiger partial charge in [-0.25, -0.2) is 0 Å². The number of phenolic OH excluding ortho intramolecular Hbond substituents is 1. The van der Waals surface area contributed by atoms with Gasteiger partial charge in [-0.05, 0) is 78.3 Å². The second-order valence-electron chi connectivity index (χ2n) is 9.47. The number of rotatable bonds is 8. The van der Waals surface area contributed by atoms with Crippen molar-refractivity contribution in [3.05, 3.63) is 64.2 Å². The number of hydrogen-bond acceptors (Lipinski definition) is 1. The molecule has 0 radical (unpaired) electrons. The zero-order chi connectivity index (χ0) is 20.2. The average molecular weight is 367 g/mol. The van der Waals surface area contributed by atoms with Gasteiger partial charge in [-0.15, -0.1) is 0 Å². The van der Waals surface area contributed by atoms with Crippen molar-refractivity contribution in [2.75, 3.05) is 0 Å². The first-order chi connectivity index (χ1) is 12.6. The summed E-state index contributed by atoms with van der Waals surface area (Å²) in [5.41, 5.74) is 6.47. The Bertz CT molecular complexity index is 689. The zero-order valence-corrected chi connectivity index (χ0v) is 18.4. The summed E-state index contributed by atoms with van der Waals surface area (Å²) in [4.78, 5) is 0. The average Bonchev–Trinajstić information content (AvgIpc) is 2.59. The second-order valence-corrected chi connectivity index (χ2v) is 9.47. The summed E-state index contributed by atoms with van der Waals surface area (Å²) in [5, 5.41) is 10.3. The Morgan fingerprint density at radius 3 is 1.81 bits per heavy atom. The molecule has 0 heterocycles. The van der Waals surface area contributed by atoms with E-state index < -0.39 is 0 Å². The van der Waals surface area contributed by atoms with Gasteiger partial charge in [-0.1, -0.05) is 71.9 Å². The third kappa shape index (κ3) is 5.61. The molecule has 2 aromatic carbocycles. The van der Waals surface area contributed by atoms with Crippen molar-refractivity contribution >= 4 is 0 Å². The predicted molar refractivity (Wildman–Crippen MR) is 118 cm³/mol. The number of aryl methyl sites for hydroxylation is 3. The Morgan fingerprint density at radius 2 is 1.26 bits per heavy atom. The van der Waals surface area contributed by atoms with E-state index in [1.165, 1.54) is 28.7 Å². The van der Waals surface area contributed by atoms with Gasteiger partial charge >= 0.3 is 0 Å². The summed E-state index contributed by atoms with van der Waals surface area (Å²) in [6.45, 7) is 15.9. The molecule has 0 aliphatic carbocycles. The van der Waals surface area contributed by atoms with Crippen LogP contribution in [0.1, 0.15) is 82.2 Å². The van der Waals surface area contributed by atoms with Crippen LogP contribution in [-0.2, 0) is 18.3 Å². The van der Waals surface area contributed by atoms with Crippen LogP contribution in [-0.4, -0.2) is 5.11 Å². The van der Waals surface area contributed by atoms with Crippen molar-refractivity contribution in [3.63, 3.8) is 0 Å². The molecule has 0 amide bonds. The lowest BCUT2D eigenvalue weighted by atomic mass is 9.76. The fraction of sp³-hybridized carbons (Fsp3) is 0.538. The van der Waals surface area contributed by atoms with Crippen molar-refractivity contribution < 1.29 is 5.11 Å². The van der Waals surface area contributed by atoms with Crippen molar-refractivity contribution in [2.24, 2.45) is 11.8 Å². The normalized spacial score (nSPS) is 12.2. The molecule has 0 aliphatic rings. The topological polar surface area (TPSA) is 20.2 Å². The number of benzene rings is 2. The van der Waals surface area contributed by atoms with Crippen molar-refractivity contribution in [1.82, 2.24) is 0 Å². The Kier molecular flexibility index (Phi) is 7.14. The lowest BCUT2D eigenvalue weighted by molar-refractivity contribution is 0.462. The van der Waals surface area contributed by atoms with Crippen LogP contribution in [0.5, 0.6) is 5.75 Å². The van der Waals surface area contributed by atoms with Gasteiger partial charge in [0.2, 0.25) is 0 Å². The van der Waals surface area contributed by atoms with Crippen LogP contribution in [0.15, 0.2) is 36.4 Å². The molecule has 1 N–H and O–H groups in total. The van der Waals surface area contributed by atoms with Gasteiger partial charge in [0.25, 0.3) is 0 Å². The van der Waals surface area contributed by atoms with Gasteiger partial charge in [-0.3, -0.25) is 0 Å². The van der Waals surface area contributed by atoms with Gasteiger partial charge in [0.05, 0.1) is 0 Å². The Balaban J connectivity index is 2.34. The minimum atomic E-state index is -0.0828. The maximum atomic E-state index is 10.3. The fourth-order valence-electron chi connectivity index (χ4n) is 3.56. The minimum Gasteiger partial charge on any atom is -0.508 e. The van der Waals surface area contributed by atoms with Crippen LogP contribution in [0.2, 0.25) is 0 Å². The molecule has 0 saturated heterocycles. The van der Waals surface area contributed by atoms with Gasteiger partial charge in [-0.2, -0.15) is 0 Å². The standard InChI is InChI=1S/C26H38O/c1-18(2)8-11-21-16-23(13-10-20(21)5)26(6,7)24-14-15-25(27)22(17-24)12-9-19(3)4/h10,13-19,27H,8-9,11-12H2,1-7H3. The molecule has 1 nitrogen and oxygen atoms in total. The van der Waals surface area contributed by atoms with Crippen LogP contribution in [0.25, 0.3) is 0 Å². The number of aromatic hydroxyl groups is 1. The number of phenols is 1. The third-order valence-corrected chi connectivity index (χ3v) is 5.85. The first-order valence-corrected chi connectivity index (χ1v) is 10.5. The Hall–Kier alpha value is -1.76. The second kappa shape index (κ2) is 8.95. The van der Waals surface area contributed by atoms with Gasteiger partial charge in [0, 0.05) is 5.41 Å². The largest absolute Gasteiger partial charge is 0.508 e.